The topological polar surface area (TPSA) is 52.0 Å². The lowest BCUT2D eigenvalue weighted by molar-refractivity contribution is 0.289. The van der Waals surface area contributed by atoms with Gasteiger partial charge in [-0.3, -0.25) is 4.68 Å². The van der Waals surface area contributed by atoms with Crippen molar-refractivity contribution in [3.8, 4) is 5.75 Å². The molecule has 1 unspecified atom stereocenters. The zero-order chi connectivity index (χ0) is 13.2. The Labute approximate surface area is 112 Å². The van der Waals surface area contributed by atoms with Gasteiger partial charge in [0, 0.05) is 13.1 Å². The summed E-state index contributed by atoms with van der Waals surface area (Å²) >= 11 is 0. The van der Waals surface area contributed by atoms with Gasteiger partial charge in [0.25, 0.3) is 0 Å². The van der Waals surface area contributed by atoms with Crippen LogP contribution in [0.4, 0.5) is 0 Å². The van der Waals surface area contributed by atoms with E-state index in [0.29, 0.717) is 12.6 Å². The first-order chi connectivity index (χ1) is 9.28. The number of ether oxygens (including phenoxy) is 1. The molecule has 1 aromatic heterocycles. The van der Waals surface area contributed by atoms with Crippen LogP contribution in [0.3, 0.4) is 0 Å². The Morgan fingerprint density at radius 3 is 3.11 bits per heavy atom. The molecule has 1 heterocycles. The average molecular weight is 258 g/mol. The van der Waals surface area contributed by atoms with E-state index in [4.69, 9.17) is 4.74 Å². The second kappa shape index (κ2) is 5.01. The van der Waals surface area contributed by atoms with Crippen LogP contribution in [-0.2, 0) is 20.1 Å². The number of benzene rings is 1. The third kappa shape index (κ3) is 2.33. The van der Waals surface area contributed by atoms with E-state index >= 15 is 0 Å². The smallest absolute Gasteiger partial charge is 0.164 e. The van der Waals surface area contributed by atoms with E-state index in [1.165, 1.54) is 17.5 Å². The number of hydrogen-bond donors (Lipinski definition) is 1. The maximum Gasteiger partial charge on any atom is 0.164 e. The van der Waals surface area contributed by atoms with E-state index < -0.39 is 0 Å². The van der Waals surface area contributed by atoms with Crippen LogP contribution in [0.15, 0.2) is 24.5 Å². The van der Waals surface area contributed by atoms with Crippen molar-refractivity contribution in [2.45, 2.75) is 25.5 Å². The second-order valence-corrected chi connectivity index (χ2v) is 4.83. The normalized spacial score (nSPS) is 17.5. The van der Waals surface area contributed by atoms with Crippen molar-refractivity contribution in [3.05, 3.63) is 41.5 Å². The molecule has 19 heavy (non-hydrogen) atoms. The molecular formula is C14H18N4O. The van der Waals surface area contributed by atoms with E-state index in [1.54, 1.807) is 11.0 Å². The lowest BCUT2D eigenvalue weighted by atomic mass is 10.1. The molecule has 1 N–H and O–H groups in total. The molecule has 1 aromatic carbocycles. The molecule has 0 aliphatic heterocycles. The third-order valence-electron chi connectivity index (χ3n) is 3.71. The number of rotatable bonds is 4. The van der Waals surface area contributed by atoms with Crippen molar-refractivity contribution in [2.24, 2.45) is 7.05 Å². The number of hydrogen-bond acceptors (Lipinski definition) is 4. The predicted octanol–water partition coefficient (Wildman–Crippen LogP) is 1.60. The molecular weight excluding hydrogens is 240 g/mol. The standard InChI is InChI=1S/C14H18N4O/c1-15-13-6-3-10-7-11(4-5-12(10)13)19-8-14-16-9-17-18(14)2/h4-5,7,9,13,15H,3,6,8H2,1-2H3. The van der Waals surface area contributed by atoms with E-state index in [9.17, 15) is 0 Å². The number of aryl methyl sites for hydroxylation is 2. The summed E-state index contributed by atoms with van der Waals surface area (Å²) in [5, 5.41) is 7.36. The lowest BCUT2D eigenvalue weighted by Crippen LogP contribution is -2.12. The fraction of sp³-hybridized carbons (Fsp3) is 0.429. The van der Waals surface area contributed by atoms with Crippen molar-refractivity contribution >= 4 is 0 Å². The van der Waals surface area contributed by atoms with E-state index in [0.717, 1.165) is 18.0 Å². The molecule has 1 aliphatic carbocycles. The Bertz CT molecular complexity index is 579. The van der Waals surface area contributed by atoms with Crippen LogP contribution in [-0.4, -0.2) is 21.8 Å². The van der Waals surface area contributed by atoms with Crippen molar-refractivity contribution in [2.75, 3.05) is 7.05 Å². The third-order valence-corrected chi connectivity index (χ3v) is 3.71. The SMILES string of the molecule is CNC1CCc2cc(OCc3ncnn3C)ccc21. The van der Waals surface area contributed by atoms with Gasteiger partial charge >= 0.3 is 0 Å². The first kappa shape index (κ1) is 12.2. The van der Waals surface area contributed by atoms with Gasteiger partial charge in [-0.05, 0) is 43.1 Å². The molecule has 0 saturated carbocycles. The van der Waals surface area contributed by atoms with Gasteiger partial charge in [0.1, 0.15) is 18.7 Å². The molecule has 0 spiro atoms. The zero-order valence-corrected chi connectivity index (χ0v) is 11.3. The van der Waals surface area contributed by atoms with Crippen LogP contribution in [0.5, 0.6) is 5.75 Å². The summed E-state index contributed by atoms with van der Waals surface area (Å²) in [6.45, 7) is 0.449. The minimum absolute atomic E-state index is 0.449. The van der Waals surface area contributed by atoms with Gasteiger partial charge in [-0.2, -0.15) is 5.10 Å². The highest BCUT2D eigenvalue weighted by atomic mass is 16.5. The highest BCUT2D eigenvalue weighted by Gasteiger charge is 2.21. The van der Waals surface area contributed by atoms with Crippen LogP contribution in [0.25, 0.3) is 0 Å². The molecule has 0 bridgehead atoms. The summed E-state index contributed by atoms with van der Waals surface area (Å²) in [5.41, 5.74) is 2.78. The molecule has 5 heteroatoms. The van der Waals surface area contributed by atoms with E-state index in [1.807, 2.05) is 20.2 Å². The number of fused-ring (bicyclic) bond motifs is 1. The molecule has 100 valence electrons. The first-order valence-corrected chi connectivity index (χ1v) is 6.53. The molecule has 5 nitrogen and oxygen atoms in total. The van der Waals surface area contributed by atoms with Crippen LogP contribution < -0.4 is 10.1 Å². The van der Waals surface area contributed by atoms with Gasteiger partial charge in [-0.15, -0.1) is 0 Å². The summed E-state index contributed by atoms with van der Waals surface area (Å²) in [4.78, 5) is 4.15. The molecule has 1 atom stereocenters. The first-order valence-electron chi connectivity index (χ1n) is 6.53. The quantitative estimate of drug-likeness (QED) is 0.905. The summed E-state index contributed by atoms with van der Waals surface area (Å²) < 4.78 is 7.51. The monoisotopic (exact) mass is 258 g/mol. The van der Waals surface area contributed by atoms with Gasteiger partial charge in [0.2, 0.25) is 0 Å². The molecule has 3 rings (SSSR count). The Balaban J connectivity index is 1.72. The molecule has 2 aromatic rings. The highest BCUT2D eigenvalue weighted by Crippen LogP contribution is 2.33. The van der Waals surface area contributed by atoms with Crippen molar-refractivity contribution in [1.82, 2.24) is 20.1 Å². The zero-order valence-electron chi connectivity index (χ0n) is 11.3. The lowest BCUT2D eigenvalue weighted by Gasteiger charge is -2.11. The summed E-state index contributed by atoms with van der Waals surface area (Å²) in [5.74, 6) is 1.73. The fourth-order valence-corrected chi connectivity index (χ4v) is 2.58. The molecule has 0 amide bonds. The summed E-state index contributed by atoms with van der Waals surface area (Å²) in [6.07, 6.45) is 3.82. The van der Waals surface area contributed by atoms with E-state index in [-0.39, 0.29) is 0 Å². The molecule has 0 saturated heterocycles. The number of nitrogens with zero attached hydrogens (tertiary/aromatic N) is 3. The number of aromatic nitrogens is 3. The van der Waals surface area contributed by atoms with Gasteiger partial charge in [-0.25, -0.2) is 4.98 Å². The minimum Gasteiger partial charge on any atom is -0.486 e. The Morgan fingerprint density at radius 1 is 1.47 bits per heavy atom. The van der Waals surface area contributed by atoms with Gasteiger partial charge < -0.3 is 10.1 Å². The summed E-state index contributed by atoms with van der Waals surface area (Å²) in [6, 6.07) is 6.83. The summed E-state index contributed by atoms with van der Waals surface area (Å²) in [7, 11) is 3.88. The maximum atomic E-state index is 5.78. The van der Waals surface area contributed by atoms with Crippen LogP contribution in [0.1, 0.15) is 29.4 Å². The van der Waals surface area contributed by atoms with Crippen LogP contribution in [0.2, 0.25) is 0 Å². The maximum absolute atomic E-state index is 5.78. The van der Waals surface area contributed by atoms with Gasteiger partial charge in [0.15, 0.2) is 5.82 Å². The van der Waals surface area contributed by atoms with E-state index in [2.05, 4.69) is 27.5 Å². The molecule has 1 aliphatic rings. The second-order valence-electron chi connectivity index (χ2n) is 4.83. The Hall–Kier alpha value is -1.88. The molecule has 0 radical (unpaired) electrons. The van der Waals surface area contributed by atoms with Gasteiger partial charge in [-0.1, -0.05) is 6.07 Å². The highest BCUT2D eigenvalue weighted by molar-refractivity contribution is 5.40. The predicted molar refractivity (Wildman–Crippen MR) is 71.9 cm³/mol. The van der Waals surface area contributed by atoms with Crippen molar-refractivity contribution < 1.29 is 4.74 Å². The minimum atomic E-state index is 0.449. The Morgan fingerprint density at radius 2 is 2.37 bits per heavy atom. The van der Waals surface area contributed by atoms with Crippen LogP contribution >= 0.6 is 0 Å². The van der Waals surface area contributed by atoms with Crippen molar-refractivity contribution in [3.63, 3.8) is 0 Å². The average Bonchev–Trinajstić information content (AvgIpc) is 3.01. The molecule has 0 fully saturated rings. The van der Waals surface area contributed by atoms with Crippen LogP contribution in [0, 0.1) is 0 Å². The number of nitrogens with one attached hydrogen (secondary N) is 1. The fourth-order valence-electron chi connectivity index (χ4n) is 2.58. The van der Waals surface area contributed by atoms with Crippen molar-refractivity contribution in [1.29, 1.82) is 0 Å². The largest absolute Gasteiger partial charge is 0.486 e. The Kier molecular flexibility index (Phi) is 3.21. The van der Waals surface area contributed by atoms with Gasteiger partial charge in [0.05, 0.1) is 0 Å².